The van der Waals surface area contributed by atoms with Crippen LogP contribution in [0.2, 0.25) is 0 Å². The van der Waals surface area contributed by atoms with Crippen molar-refractivity contribution in [2.45, 2.75) is 13.0 Å². The Hall–Kier alpha value is -3.94. The number of aromatic nitrogens is 3. The van der Waals surface area contributed by atoms with Gasteiger partial charge in [-0.15, -0.1) is 0 Å². The number of benzene rings is 1. The molecule has 1 amide bonds. The van der Waals surface area contributed by atoms with E-state index in [1.807, 2.05) is 6.07 Å². The summed E-state index contributed by atoms with van der Waals surface area (Å²) in [7, 11) is 0. The number of phenolic OH excluding ortho intramolecular Hbond substituents is 1. The van der Waals surface area contributed by atoms with E-state index in [0.29, 0.717) is 42.2 Å². The maximum Gasteiger partial charge on any atom is 0.246 e. The number of fused-ring (bicyclic) bond motifs is 1. The lowest BCUT2D eigenvalue weighted by Crippen LogP contribution is -2.34. The highest BCUT2D eigenvalue weighted by Crippen LogP contribution is 2.31. The smallest absolute Gasteiger partial charge is 0.246 e. The molecule has 1 aliphatic rings. The molecule has 3 aromatic rings. The second-order valence-electron chi connectivity index (χ2n) is 6.91. The molecule has 0 bridgehead atoms. The van der Waals surface area contributed by atoms with Crippen LogP contribution < -0.4 is 11.5 Å². The minimum atomic E-state index is -0.0945. The van der Waals surface area contributed by atoms with E-state index < -0.39 is 0 Å². The summed E-state index contributed by atoms with van der Waals surface area (Å²) < 4.78 is 0. The monoisotopic (exact) mass is 390 g/mol. The number of para-hydroxylation sites is 1. The molecule has 1 aliphatic heterocycles. The van der Waals surface area contributed by atoms with E-state index in [-0.39, 0.29) is 11.7 Å². The summed E-state index contributed by atoms with van der Waals surface area (Å²) in [5.74, 6) is 0.466. The third-order valence-electron chi connectivity index (χ3n) is 5.08. The van der Waals surface area contributed by atoms with Crippen molar-refractivity contribution >= 4 is 23.5 Å². The van der Waals surface area contributed by atoms with Crippen LogP contribution >= 0.6 is 0 Å². The van der Waals surface area contributed by atoms with Gasteiger partial charge in [0.25, 0.3) is 0 Å². The first-order valence-electron chi connectivity index (χ1n) is 9.19. The van der Waals surface area contributed by atoms with Crippen LogP contribution in [0, 0.1) is 0 Å². The van der Waals surface area contributed by atoms with Crippen molar-refractivity contribution in [3.8, 4) is 17.1 Å². The number of aromatic amines is 2. The van der Waals surface area contributed by atoms with Gasteiger partial charge in [0, 0.05) is 28.9 Å². The topological polar surface area (TPSA) is 137 Å². The van der Waals surface area contributed by atoms with Crippen LogP contribution in [0.4, 0.5) is 5.82 Å². The molecular formula is C21H22N6O2. The molecule has 0 aliphatic carbocycles. The van der Waals surface area contributed by atoms with Gasteiger partial charge in [-0.05, 0) is 36.8 Å². The van der Waals surface area contributed by atoms with E-state index in [2.05, 4.69) is 21.8 Å². The molecule has 2 aromatic heterocycles. The maximum atomic E-state index is 11.9. The summed E-state index contributed by atoms with van der Waals surface area (Å²) in [6.07, 6.45) is 3.72. The van der Waals surface area contributed by atoms with Crippen molar-refractivity contribution in [3.63, 3.8) is 0 Å². The van der Waals surface area contributed by atoms with Gasteiger partial charge < -0.3 is 26.5 Å². The number of aromatic hydroxyl groups is 1. The fourth-order valence-electron chi connectivity index (χ4n) is 3.55. The predicted octanol–water partition coefficient (Wildman–Crippen LogP) is 2.22. The van der Waals surface area contributed by atoms with Gasteiger partial charge in [0.2, 0.25) is 5.91 Å². The number of nitrogens with two attached hydrogens (primary N) is 2. The van der Waals surface area contributed by atoms with Crippen molar-refractivity contribution in [2.75, 3.05) is 12.3 Å². The lowest BCUT2D eigenvalue weighted by Gasteiger charge is -2.25. The van der Waals surface area contributed by atoms with Gasteiger partial charge in [-0.3, -0.25) is 9.89 Å². The van der Waals surface area contributed by atoms with Gasteiger partial charge >= 0.3 is 0 Å². The lowest BCUT2D eigenvalue weighted by molar-refractivity contribution is -0.126. The van der Waals surface area contributed by atoms with Gasteiger partial charge in [0.05, 0.1) is 17.9 Å². The molecule has 0 spiro atoms. The predicted molar refractivity (Wildman–Crippen MR) is 112 cm³/mol. The highest BCUT2D eigenvalue weighted by Gasteiger charge is 2.25. The summed E-state index contributed by atoms with van der Waals surface area (Å²) in [4.78, 5) is 16.7. The van der Waals surface area contributed by atoms with Crippen LogP contribution in [0.5, 0.6) is 5.75 Å². The molecule has 8 heteroatoms. The molecule has 0 saturated heterocycles. The number of nitrogens with one attached hydrogen (secondary N) is 2. The molecule has 0 unspecified atom stereocenters. The number of carbonyl (C=O) groups is 1. The van der Waals surface area contributed by atoms with Crippen LogP contribution in [0.3, 0.4) is 0 Å². The van der Waals surface area contributed by atoms with Crippen molar-refractivity contribution in [2.24, 2.45) is 5.73 Å². The first-order valence-corrected chi connectivity index (χ1v) is 9.19. The van der Waals surface area contributed by atoms with Gasteiger partial charge in [-0.25, -0.2) is 0 Å². The molecule has 4 rings (SSSR count). The number of nitrogen functional groups attached to an aromatic ring is 1. The van der Waals surface area contributed by atoms with Gasteiger partial charge in [0.1, 0.15) is 17.3 Å². The normalized spacial score (nSPS) is 13.9. The summed E-state index contributed by atoms with van der Waals surface area (Å²) >= 11 is 0. The molecule has 0 atom stereocenters. The van der Waals surface area contributed by atoms with Crippen molar-refractivity contribution in [3.05, 3.63) is 65.4 Å². The van der Waals surface area contributed by atoms with E-state index in [9.17, 15) is 9.90 Å². The summed E-state index contributed by atoms with van der Waals surface area (Å²) in [5, 5.41) is 17.4. The zero-order chi connectivity index (χ0) is 20.5. The molecule has 8 nitrogen and oxygen atoms in total. The van der Waals surface area contributed by atoms with Crippen LogP contribution in [0.15, 0.2) is 43.0 Å². The molecule has 3 heterocycles. The van der Waals surface area contributed by atoms with E-state index in [1.165, 1.54) is 6.08 Å². The first kappa shape index (κ1) is 18.4. The zero-order valence-corrected chi connectivity index (χ0v) is 15.8. The van der Waals surface area contributed by atoms with E-state index in [0.717, 1.165) is 22.6 Å². The maximum absolute atomic E-state index is 11.9. The summed E-state index contributed by atoms with van der Waals surface area (Å²) in [6.45, 7) is 4.61. The van der Waals surface area contributed by atoms with Gasteiger partial charge in [0.15, 0.2) is 0 Å². The van der Waals surface area contributed by atoms with Crippen LogP contribution in [0.25, 0.3) is 23.2 Å². The van der Waals surface area contributed by atoms with Crippen molar-refractivity contribution < 1.29 is 9.90 Å². The number of amides is 1. The Bertz CT molecular complexity index is 1120. The molecule has 0 radical (unpaired) electrons. The summed E-state index contributed by atoms with van der Waals surface area (Å²) in [6, 6.07) is 8.74. The van der Waals surface area contributed by atoms with E-state index in [4.69, 9.17) is 11.5 Å². The Morgan fingerprint density at radius 2 is 2.14 bits per heavy atom. The Morgan fingerprint density at radius 1 is 1.34 bits per heavy atom. The van der Waals surface area contributed by atoms with Gasteiger partial charge in [-0.2, -0.15) is 5.10 Å². The number of anilines is 1. The highest BCUT2D eigenvalue weighted by molar-refractivity contribution is 5.88. The second kappa shape index (κ2) is 7.23. The molecule has 0 fully saturated rings. The van der Waals surface area contributed by atoms with Crippen LogP contribution in [-0.4, -0.2) is 37.6 Å². The zero-order valence-electron chi connectivity index (χ0n) is 15.8. The first-order chi connectivity index (χ1) is 14.0. The average Bonchev–Trinajstić information content (AvgIpc) is 3.30. The molecule has 0 saturated carbocycles. The Labute approximate surface area is 167 Å². The highest BCUT2D eigenvalue weighted by atomic mass is 16.3. The number of nitrogens with zero attached hydrogens (tertiary/aromatic N) is 2. The molecular weight excluding hydrogens is 368 g/mol. The van der Waals surface area contributed by atoms with Crippen molar-refractivity contribution in [1.82, 2.24) is 20.1 Å². The Kier molecular flexibility index (Phi) is 4.59. The fourth-order valence-corrected chi connectivity index (χ4v) is 3.55. The van der Waals surface area contributed by atoms with E-state index in [1.54, 1.807) is 35.2 Å². The lowest BCUT2D eigenvalue weighted by atomic mass is 10.0. The minimum Gasteiger partial charge on any atom is -0.507 e. The number of phenols is 1. The summed E-state index contributed by atoms with van der Waals surface area (Å²) in [5.41, 5.74) is 17.5. The second-order valence-corrected chi connectivity index (χ2v) is 6.91. The van der Waals surface area contributed by atoms with Crippen LogP contribution in [0.1, 0.15) is 22.4 Å². The molecule has 148 valence electrons. The molecule has 29 heavy (non-hydrogen) atoms. The SMILES string of the molecule is C=CC(=O)N1CCc2c(-c3cc(/C=C(\N)c4ccccc4O)c(N)[nH]3)n[nH]c2C1. The third-order valence-corrected chi connectivity index (χ3v) is 5.08. The quantitative estimate of drug-likeness (QED) is 0.435. The van der Waals surface area contributed by atoms with Crippen molar-refractivity contribution in [1.29, 1.82) is 0 Å². The minimum absolute atomic E-state index is 0.0945. The fraction of sp³-hybridized carbons (Fsp3) is 0.143. The average molecular weight is 390 g/mol. The standard InChI is InChI=1S/C21H22N6O2/c1-2-19(29)27-8-7-14-17(11-27)25-26-20(14)16-10-12(21(23)24-16)9-15(22)13-5-3-4-6-18(13)28/h2-6,9-10,24,28H,1,7-8,11,22-23H2,(H,25,26)/b15-9-. The third kappa shape index (κ3) is 3.36. The number of H-pyrrole nitrogens is 2. The number of carbonyl (C=O) groups excluding carboxylic acids is 1. The Morgan fingerprint density at radius 3 is 2.90 bits per heavy atom. The molecule has 1 aromatic carbocycles. The van der Waals surface area contributed by atoms with Gasteiger partial charge in [-0.1, -0.05) is 18.7 Å². The van der Waals surface area contributed by atoms with E-state index >= 15 is 0 Å². The number of hydrogen-bond acceptors (Lipinski definition) is 5. The Balaban J connectivity index is 1.64. The van der Waals surface area contributed by atoms with Crippen LogP contribution in [-0.2, 0) is 17.8 Å². The molecule has 7 N–H and O–H groups in total. The number of hydrogen-bond donors (Lipinski definition) is 5. The number of rotatable bonds is 4. The largest absolute Gasteiger partial charge is 0.507 e.